The number of piperazine rings is 1. The van der Waals surface area contributed by atoms with Crippen LogP contribution in [0.4, 0.5) is 11.5 Å². The number of benzene rings is 1. The molecule has 4 rings (SSSR count). The predicted octanol–water partition coefficient (Wildman–Crippen LogP) is 3.77. The van der Waals surface area contributed by atoms with Crippen LogP contribution in [-0.4, -0.2) is 47.9 Å². The summed E-state index contributed by atoms with van der Waals surface area (Å²) in [5, 5.41) is 3.65. The highest BCUT2D eigenvalue weighted by atomic mass is 16.3. The summed E-state index contributed by atoms with van der Waals surface area (Å²) >= 11 is 0. The fourth-order valence-electron chi connectivity index (χ4n) is 3.44. The maximum atomic E-state index is 13.3. The van der Waals surface area contributed by atoms with Crippen LogP contribution >= 0.6 is 0 Å². The topological polar surface area (TPSA) is 78.7 Å². The van der Waals surface area contributed by atoms with Crippen molar-refractivity contribution in [2.75, 3.05) is 36.4 Å². The molecular weight excluding hydrogens is 380 g/mol. The molecule has 30 heavy (non-hydrogen) atoms. The molecule has 2 aromatic heterocycles. The second-order valence-corrected chi connectivity index (χ2v) is 8.47. The number of pyridine rings is 1. The van der Waals surface area contributed by atoms with Crippen LogP contribution in [0.3, 0.4) is 0 Å². The predicted molar refractivity (Wildman–Crippen MR) is 117 cm³/mol. The second kappa shape index (κ2) is 7.82. The van der Waals surface area contributed by atoms with E-state index in [2.05, 4.69) is 15.2 Å². The third-order valence-electron chi connectivity index (χ3n) is 5.25. The minimum absolute atomic E-state index is 0.164. The van der Waals surface area contributed by atoms with Crippen LogP contribution in [0, 0.1) is 5.41 Å². The fourth-order valence-corrected chi connectivity index (χ4v) is 3.44. The molecule has 0 atom stereocenters. The zero-order valence-corrected chi connectivity index (χ0v) is 17.5. The zero-order valence-electron chi connectivity index (χ0n) is 17.5. The number of nitrogens with zero attached hydrogens (tertiary/aromatic N) is 3. The Morgan fingerprint density at radius 2 is 1.70 bits per heavy atom. The molecule has 7 heteroatoms. The maximum absolute atomic E-state index is 13.3. The van der Waals surface area contributed by atoms with Gasteiger partial charge in [-0.05, 0) is 24.3 Å². The van der Waals surface area contributed by atoms with E-state index in [0.717, 1.165) is 11.2 Å². The van der Waals surface area contributed by atoms with Gasteiger partial charge in [-0.25, -0.2) is 4.98 Å². The van der Waals surface area contributed by atoms with Crippen molar-refractivity contribution in [1.82, 2.24) is 9.88 Å². The normalized spacial score (nSPS) is 14.8. The lowest BCUT2D eigenvalue weighted by Gasteiger charge is -2.35. The first kappa shape index (κ1) is 19.9. The van der Waals surface area contributed by atoms with Crippen molar-refractivity contribution in [3.05, 3.63) is 54.4 Å². The first-order chi connectivity index (χ1) is 14.3. The van der Waals surface area contributed by atoms with Gasteiger partial charge in [0.15, 0.2) is 0 Å². The maximum Gasteiger partial charge on any atom is 0.291 e. The Morgan fingerprint density at radius 1 is 1.00 bits per heavy atom. The van der Waals surface area contributed by atoms with Gasteiger partial charge in [0.05, 0.1) is 0 Å². The highest BCUT2D eigenvalue weighted by Crippen LogP contribution is 2.33. The molecule has 3 heterocycles. The number of anilines is 2. The molecule has 1 N–H and O–H groups in total. The summed E-state index contributed by atoms with van der Waals surface area (Å²) in [6, 6.07) is 13.2. The van der Waals surface area contributed by atoms with Gasteiger partial charge in [0, 0.05) is 43.2 Å². The van der Waals surface area contributed by atoms with Crippen molar-refractivity contribution in [1.29, 1.82) is 0 Å². The number of hydrogen-bond acceptors (Lipinski definition) is 5. The SMILES string of the molecule is CC(C)(C)C(=O)Nc1c(C(=O)N2CCN(c3ccccn3)CC2)oc2ccccc12. The van der Waals surface area contributed by atoms with Gasteiger partial charge >= 0.3 is 0 Å². The van der Waals surface area contributed by atoms with Gasteiger partial charge in [-0.15, -0.1) is 0 Å². The van der Waals surface area contributed by atoms with E-state index in [9.17, 15) is 9.59 Å². The number of rotatable bonds is 3. The number of carbonyl (C=O) groups is 2. The molecule has 1 aromatic carbocycles. The van der Waals surface area contributed by atoms with Crippen LogP contribution in [0.25, 0.3) is 11.0 Å². The second-order valence-electron chi connectivity index (χ2n) is 8.47. The minimum atomic E-state index is -0.590. The van der Waals surface area contributed by atoms with Crippen LogP contribution in [0.1, 0.15) is 31.3 Å². The van der Waals surface area contributed by atoms with Gasteiger partial charge < -0.3 is 19.5 Å². The lowest BCUT2D eigenvalue weighted by atomic mass is 9.95. The summed E-state index contributed by atoms with van der Waals surface area (Å²) in [7, 11) is 0. The molecule has 2 amide bonds. The Labute approximate surface area is 175 Å². The van der Waals surface area contributed by atoms with Gasteiger partial charge in [-0.3, -0.25) is 9.59 Å². The van der Waals surface area contributed by atoms with E-state index >= 15 is 0 Å². The Hall–Kier alpha value is -3.35. The molecule has 0 bridgehead atoms. The van der Waals surface area contributed by atoms with E-state index < -0.39 is 5.41 Å². The summed E-state index contributed by atoms with van der Waals surface area (Å²) < 4.78 is 5.91. The van der Waals surface area contributed by atoms with Crippen LogP contribution in [0.15, 0.2) is 53.1 Å². The zero-order chi connectivity index (χ0) is 21.3. The molecule has 3 aromatic rings. The number of para-hydroxylation sites is 1. The number of hydrogen-bond donors (Lipinski definition) is 1. The molecule has 0 spiro atoms. The summed E-state index contributed by atoms with van der Waals surface area (Å²) in [6.07, 6.45) is 1.77. The standard InChI is InChI=1S/C23H26N4O3/c1-23(2,3)22(29)25-19-16-8-4-5-9-17(16)30-20(19)21(28)27-14-12-26(13-15-27)18-10-6-7-11-24-18/h4-11H,12-15H2,1-3H3,(H,25,29). The van der Waals surface area contributed by atoms with E-state index in [-0.39, 0.29) is 17.6 Å². The summed E-state index contributed by atoms with van der Waals surface area (Å²) in [5.74, 6) is 0.714. The molecule has 7 nitrogen and oxygen atoms in total. The molecule has 0 unspecified atom stereocenters. The number of amides is 2. The third-order valence-corrected chi connectivity index (χ3v) is 5.25. The molecule has 0 aliphatic carbocycles. The van der Waals surface area contributed by atoms with Crippen LogP contribution in [0.5, 0.6) is 0 Å². The first-order valence-corrected chi connectivity index (χ1v) is 10.1. The largest absolute Gasteiger partial charge is 0.449 e. The van der Waals surface area contributed by atoms with Crippen LogP contribution < -0.4 is 10.2 Å². The third kappa shape index (κ3) is 3.87. The number of nitrogens with one attached hydrogen (secondary N) is 1. The van der Waals surface area contributed by atoms with Crippen molar-refractivity contribution in [2.45, 2.75) is 20.8 Å². The lowest BCUT2D eigenvalue weighted by Crippen LogP contribution is -2.49. The highest BCUT2D eigenvalue weighted by Gasteiger charge is 2.31. The molecular formula is C23H26N4O3. The van der Waals surface area contributed by atoms with Crippen molar-refractivity contribution >= 4 is 34.3 Å². The molecule has 1 aliphatic rings. The van der Waals surface area contributed by atoms with E-state index in [1.807, 2.05) is 57.2 Å². The van der Waals surface area contributed by atoms with Crippen molar-refractivity contribution in [3.63, 3.8) is 0 Å². The van der Waals surface area contributed by atoms with Gasteiger partial charge in [0.2, 0.25) is 11.7 Å². The van der Waals surface area contributed by atoms with Crippen molar-refractivity contribution < 1.29 is 14.0 Å². The van der Waals surface area contributed by atoms with E-state index in [1.54, 1.807) is 17.2 Å². The highest BCUT2D eigenvalue weighted by molar-refractivity contribution is 6.11. The average Bonchev–Trinajstić information content (AvgIpc) is 3.12. The minimum Gasteiger partial charge on any atom is -0.449 e. The van der Waals surface area contributed by atoms with Crippen LogP contribution in [-0.2, 0) is 4.79 Å². The number of fused-ring (bicyclic) bond motifs is 1. The van der Waals surface area contributed by atoms with E-state index in [4.69, 9.17) is 4.42 Å². The molecule has 1 aliphatic heterocycles. The Bertz CT molecular complexity index is 1060. The van der Waals surface area contributed by atoms with Gasteiger partial charge in [-0.1, -0.05) is 39.0 Å². The number of aromatic nitrogens is 1. The first-order valence-electron chi connectivity index (χ1n) is 10.1. The smallest absolute Gasteiger partial charge is 0.291 e. The van der Waals surface area contributed by atoms with E-state index in [0.29, 0.717) is 37.4 Å². The van der Waals surface area contributed by atoms with Gasteiger partial charge in [0.25, 0.3) is 5.91 Å². The Kier molecular flexibility index (Phi) is 5.20. The van der Waals surface area contributed by atoms with Crippen molar-refractivity contribution in [2.24, 2.45) is 5.41 Å². The van der Waals surface area contributed by atoms with Crippen LogP contribution in [0.2, 0.25) is 0 Å². The van der Waals surface area contributed by atoms with Crippen molar-refractivity contribution in [3.8, 4) is 0 Å². The molecule has 1 saturated heterocycles. The summed E-state index contributed by atoms with van der Waals surface area (Å²) in [5.41, 5.74) is 0.437. The fraction of sp³-hybridized carbons (Fsp3) is 0.348. The Morgan fingerprint density at radius 3 is 2.37 bits per heavy atom. The lowest BCUT2D eigenvalue weighted by molar-refractivity contribution is -0.123. The molecule has 1 fully saturated rings. The number of carbonyl (C=O) groups excluding carboxylic acids is 2. The summed E-state index contributed by atoms with van der Waals surface area (Å²) in [6.45, 7) is 7.99. The Balaban J connectivity index is 1.58. The van der Waals surface area contributed by atoms with Gasteiger partial charge in [0.1, 0.15) is 17.1 Å². The summed E-state index contributed by atoms with van der Waals surface area (Å²) in [4.78, 5) is 34.3. The number of furan rings is 1. The van der Waals surface area contributed by atoms with Gasteiger partial charge in [-0.2, -0.15) is 0 Å². The molecule has 0 saturated carbocycles. The monoisotopic (exact) mass is 406 g/mol. The van der Waals surface area contributed by atoms with E-state index in [1.165, 1.54) is 0 Å². The molecule has 156 valence electrons. The molecule has 0 radical (unpaired) electrons. The quantitative estimate of drug-likeness (QED) is 0.716. The average molecular weight is 406 g/mol.